The van der Waals surface area contributed by atoms with Crippen molar-refractivity contribution in [1.82, 2.24) is 15.1 Å². The van der Waals surface area contributed by atoms with Crippen molar-refractivity contribution in [3.05, 3.63) is 76.5 Å². The number of hydrogen-bond donors (Lipinski definition) is 2. The number of carbonyl (C=O) groups is 1. The van der Waals surface area contributed by atoms with Gasteiger partial charge < -0.3 is 10.6 Å². The van der Waals surface area contributed by atoms with Crippen LogP contribution in [0.3, 0.4) is 0 Å². The van der Waals surface area contributed by atoms with E-state index in [1.54, 1.807) is 6.20 Å². The highest BCUT2D eigenvalue weighted by Crippen LogP contribution is 2.30. The number of nitrogens with zero attached hydrogens (tertiary/aromatic N) is 2. The summed E-state index contributed by atoms with van der Waals surface area (Å²) in [6, 6.07) is 17.6. The van der Waals surface area contributed by atoms with Crippen LogP contribution in [0, 0.1) is 0 Å². The van der Waals surface area contributed by atoms with Crippen LogP contribution in [-0.2, 0) is 0 Å². The van der Waals surface area contributed by atoms with E-state index in [4.69, 9.17) is 0 Å². The molecule has 6 heteroatoms. The Bertz CT molecular complexity index is 915. The molecule has 138 valence electrons. The number of nitrogens with one attached hydrogen (secondary N) is 2. The first-order chi connectivity index (χ1) is 13.2. The number of rotatable bonds is 4. The van der Waals surface area contributed by atoms with Gasteiger partial charge >= 0.3 is 0 Å². The van der Waals surface area contributed by atoms with Crippen LogP contribution < -0.4 is 10.6 Å². The van der Waals surface area contributed by atoms with E-state index in [2.05, 4.69) is 31.7 Å². The maximum absolute atomic E-state index is 13.0. The van der Waals surface area contributed by atoms with E-state index in [-0.39, 0.29) is 5.91 Å². The monoisotopic (exact) mass is 424 g/mol. The maximum Gasteiger partial charge on any atom is 0.259 e. The van der Waals surface area contributed by atoms with Crippen molar-refractivity contribution in [3.63, 3.8) is 0 Å². The molecule has 0 aliphatic carbocycles. The second-order valence-corrected chi connectivity index (χ2v) is 7.59. The number of anilines is 1. The van der Waals surface area contributed by atoms with Gasteiger partial charge in [0.1, 0.15) is 0 Å². The molecule has 3 aromatic rings. The number of carbonyl (C=O) groups excluding carboxylic acids is 1. The Kier molecular flexibility index (Phi) is 5.36. The molecule has 1 amide bonds. The summed E-state index contributed by atoms with van der Waals surface area (Å²) < 4.78 is 2.90. The highest BCUT2D eigenvalue weighted by molar-refractivity contribution is 9.10. The van der Waals surface area contributed by atoms with Crippen LogP contribution in [0.15, 0.2) is 65.3 Å². The number of benzene rings is 2. The van der Waals surface area contributed by atoms with E-state index in [9.17, 15) is 4.79 Å². The van der Waals surface area contributed by atoms with Crippen LogP contribution >= 0.6 is 15.9 Å². The van der Waals surface area contributed by atoms with Crippen LogP contribution in [0.2, 0.25) is 0 Å². The zero-order chi connectivity index (χ0) is 18.6. The quantitative estimate of drug-likeness (QED) is 0.654. The largest absolute Gasteiger partial charge is 0.322 e. The Labute approximate surface area is 166 Å². The molecule has 27 heavy (non-hydrogen) atoms. The van der Waals surface area contributed by atoms with Crippen LogP contribution in [-0.4, -0.2) is 28.8 Å². The van der Waals surface area contributed by atoms with Crippen molar-refractivity contribution < 1.29 is 4.79 Å². The maximum atomic E-state index is 13.0. The van der Waals surface area contributed by atoms with Gasteiger partial charge in [0.05, 0.1) is 23.1 Å². The van der Waals surface area contributed by atoms with E-state index >= 15 is 0 Å². The Balaban J connectivity index is 1.70. The lowest BCUT2D eigenvalue weighted by molar-refractivity contribution is 0.102. The molecule has 1 fully saturated rings. The first-order valence-corrected chi connectivity index (χ1v) is 9.92. The van der Waals surface area contributed by atoms with Crippen molar-refractivity contribution in [3.8, 4) is 5.69 Å². The van der Waals surface area contributed by atoms with Gasteiger partial charge in [0.2, 0.25) is 0 Å². The molecule has 2 N–H and O–H groups in total. The van der Waals surface area contributed by atoms with E-state index in [1.165, 1.54) is 0 Å². The number of amides is 1. The summed E-state index contributed by atoms with van der Waals surface area (Å²) in [7, 11) is 0. The molecule has 0 spiro atoms. The van der Waals surface area contributed by atoms with Gasteiger partial charge in [-0.15, -0.1) is 0 Å². The fourth-order valence-corrected chi connectivity index (χ4v) is 3.79. The fraction of sp³-hybridized carbons (Fsp3) is 0.238. The van der Waals surface area contributed by atoms with Crippen molar-refractivity contribution >= 4 is 27.5 Å². The number of para-hydroxylation sites is 1. The lowest BCUT2D eigenvalue weighted by Gasteiger charge is -2.24. The predicted molar refractivity (Wildman–Crippen MR) is 111 cm³/mol. The SMILES string of the molecule is O=C(Nc1ccc(Br)cc1)c1cnn(-c2ccccc2)c1C1CCNCC1. The molecule has 2 aromatic carbocycles. The fourth-order valence-electron chi connectivity index (χ4n) is 3.53. The molecule has 1 aliphatic rings. The Morgan fingerprint density at radius 2 is 1.78 bits per heavy atom. The Morgan fingerprint density at radius 1 is 1.07 bits per heavy atom. The minimum atomic E-state index is -0.118. The van der Waals surface area contributed by atoms with E-state index in [1.807, 2.05) is 59.3 Å². The number of piperidine rings is 1. The molecular weight excluding hydrogens is 404 g/mol. The molecule has 2 heterocycles. The smallest absolute Gasteiger partial charge is 0.259 e. The van der Waals surface area contributed by atoms with Crippen LogP contribution in [0.1, 0.15) is 34.8 Å². The molecule has 0 bridgehead atoms. The molecule has 0 radical (unpaired) electrons. The average Bonchev–Trinajstić information content (AvgIpc) is 3.16. The van der Waals surface area contributed by atoms with Gasteiger partial charge in [-0.25, -0.2) is 4.68 Å². The van der Waals surface area contributed by atoms with Crippen molar-refractivity contribution in [2.45, 2.75) is 18.8 Å². The van der Waals surface area contributed by atoms with Gasteiger partial charge in [-0.05, 0) is 62.3 Å². The van der Waals surface area contributed by atoms with E-state index in [0.717, 1.165) is 47.5 Å². The summed E-state index contributed by atoms with van der Waals surface area (Å²) in [6.07, 6.45) is 3.69. The van der Waals surface area contributed by atoms with Crippen LogP contribution in [0.4, 0.5) is 5.69 Å². The van der Waals surface area contributed by atoms with Crippen molar-refractivity contribution in [1.29, 1.82) is 0 Å². The Morgan fingerprint density at radius 3 is 2.48 bits per heavy atom. The van der Waals surface area contributed by atoms with Crippen LogP contribution in [0.25, 0.3) is 5.69 Å². The Hall–Kier alpha value is -2.44. The molecule has 0 atom stereocenters. The van der Waals surface area contributed by atoms with Gasteiger partial charge in [-0.3, -0.25) is 4.79 Å². The van der Waals surface area contributed by atoms with Gasteiger partial charge in [-0.2, -0.15) is 5.10 Å². The number of hydrogen-bond acceptors (Lipinski definition) is 3. The third kappa shape index (κ3) is 3.96. The van der Waals surface area contributed by atoms with Gasteiger partial charge in [-0.1, -0.05) is 34.1 Å². The second-order valence-electron chi connectivity index (χ2n) is 6.68. The summed E-state index contributed by atoms with van der Waals surface area (Å²) in [4.78, 5) is 13.0. The van der Waals surface area contributed by atoms with Crippen molar-refractivity contribution in [2.24, 2.45) is 0 Å². The first-order valence-electron chi connectivity index (χ1n) is 9.13. The summed E-state index contributed by atoms with van der Waals surface area (Å²) in [5.41, 5.74) is 3.40. The molecular formula is C21H21BrN4O. The lowest BCUT2D eigenvalue weighted by atomic mass is 9.91. The highest BCUT2D eigenvalue weighted by Gasteiger charge is 2.27. The van der Waals surface area contributed by atoms with Gasteiger partial charge in [0.25, 0.3) is 5.91 Å². The minimum absolute atomic E-state index is 0.118. The molecule has 4 rings (SSSR count). The highest BCUT2D eigenvalue weighted by atomic mass is 79.9. The summed E-state index contributed by atoms with van der Waals surface area (Å²) in [5, 5.41) is 11.0. The lowest BCUT2D eigenvalue weighted by Crippen LogP contribution is -2.29. The molecule has 5 nitrogen and oxygen atoms in total. The average molecular weight is 425 g/mol. The zero-order valence-electron chi connectivity index (χ0n) is 14.9. The summed E-state index contributed by atoms with van der Waals surface area (Å²) in [5.74, 6) is 0.188. The summed E-state index contributed by atoms with van der Waals surface area (Å²) >= 11 is 3.42. The second kappa shape index (κ2) is 8.06. The topological polar surface area (TPSA) is 59.0 Å². The summed E-state index contributed by atoms with van der Waals surface area (Å²) in [6.45, 7) is 1.91. The number of halogens is 1. The zero-order valence-corrected chi connectivity index (χ0v) is 16.4. The first kappa shape index (κ1) is 17.9. The molecule has 1 saturated heterocycles. The number of aromatic nitrogens is 2. The van der Waals surface area contributed by atoms with Crippen molar-refractivity contribution in [2.75, 3.05) is 18.4 Å². The minimum Gasteiger partial charge on any atom is -0.322 e. The molecule has 1 aromatic heterocycles. The molecule has 1 aliphatic heterocycles. The predicted octanol–water partition coefficient (Wildman–Crippen LogP) is 4.35. The molecule has 0 unspecified atom stereocenters. The van der Waals surface area contributed by atoms with E-state index in [0.29, 0.717) is 11.5 Å². The third-order valence-electron chi connectivity index (χ3n) is 4.88. The van der Waals surface area contributed by atoms with Gasteiger partial charge in [0.15, 0.2) is 0 Å². The standard InChI is InChI=1S/C21H21BrN4O/c22-16-6-8-17(9-7-16)25-21(27)19-14-24-26(18-4-2-1-3-5-18)20(19)15-10-12-23-13-11-15/h1-9,14-15,23H,10-13H2,(H,25,27). The van der Waals surface area contributed by atoms with Crippen LogP contribution in [0.5, 0.6) is 0 Å². The normalized spacial score (nSPS) is 14.9. The molecule has 0 saturated carbocycles. The van der Waals surface area contributed by atoms with E-state index < -0.39 is 0 Å². The van der Waals surface area contributed by atoms with Gasteiger partial charge in [0, 0.05) is 16.1 Å². The third-order valence-corrected chi connectivity index (χ3v) is 5.41.